The summed E-state index contributed by atoms with van der Waals surface area (Å²) >= 11 is 0. The van der Waals surface area contributed by atoms with Gasteiger partial charge < -0.3 is 14.1 Å². The van der Waals surface area contributed by atoms with Gasteiger partial charge >= 0.3 is 0 Å². The van der Waals surface area contributed by atoms with Crippen molar-refractivity contribution >= 4 is 19.9 Å². The van der Waals surface area contributed by atoms with Gasteiger partial charge in [0.25, 0.3) is 0 Å². The average Bonchev–Trinajstić information content (AvgIpc) is 2.95. The van der Waals surface area contributed by atoms with Crippen LogP contribution < -0.4 is 9.64 Å². The van der Waals surface area contributed by atoms with Crippen molar-refractivity contribution < 1.29 is 14.0 Å². The Labute approximate surface area is 250 Å². The van der Waals surface area contributed by atoms with Gasteiger partial charge in [0.2, 0.25) is 5.91 Å². The first-order valence-corrected chi connectivity index (χ1v) is 18.5. The number of anilines is 1. The van der Waals surface area contributed by atoms with Crippen molar-refractivity contribution in [1.82, 2.24) is 0 Å². The highest BCUT2D eigenvalue weighted by Crippen LogP contribution is 2.41. The molecule has 2 aliphatic carbocycles. The SMILES string of the molecule is C#Cc1cccc(N(C[C@H]2CC[C@H](c3ccc(OC)c(C)c3)CC2)C(=O)[C@H]2CC[C@H](O[Si](C)(C)C(C)(C)C)CC2)c1. The molecule has 41 heavy (non-hydrogen) atoms. The summed E-state index contributed by atoms with van der Waals surface area (Å²) in [6.45, 7) is 14.4. The molecule has 2 aliphatic rings. The molecule has 2 aromatic rings. The quantitative estimate of drug-likeness (QED) is 0.234. The molecule has 0 atom stereocenters. The molecule has 0 unspecified atom stereocenters. The number of amides is 1. The Bertz CT molecular complexity index is 1220. The second-order valence-corrected chi connectivity index (χ2v) is 18.7. The van der Waals surface area contributed by atoms with Crippen LogP contribution in [0.4, 0.5) is 5.69 Å². The van der Waals surface area contributed by atoms with E-state index in [1.54, 1.807) is 7.11 Å². The second-order valence-electron chi connectivity index (χ2n) is 13.9. The first-order chi connectivity index (χ1) is 19.4. The molecule has 222 valence electrons. The number of hydrogen-bond acceptors (Lipinski definition) is 3. The number of carbonyl (C=O) groups is 1. The van der Waals surface area contributed by atoms with Gasteiger partial charge in [0, 0.05) is 29.8 Å². The van der Waals surface area contributed by atoms with Crippen molar-refractivity contribution in [3.8, 4) is 18.1 Å². The van der Waals surface area contributed by atoms with Gasteiger partial charge in [-0.3, -0.25) is 4.79 Å². The lowest BCUT2D eigenvalue weighted by atomic mass is 9.78. The van der Waals surface area contributed by atoms with Gasteiger partial charge in [-0.25, -0.2) is 0 Å². The van der Waals surface area contributed by atoms with E-state index in [0.29, 0.717) is 11.8 Å². The molecule has 5 heteroatoms. The van der Waals surface area contributed by atoms with Crippen LogP contribution in [-0.4, -0.2) is 34.0 Å². The van der Waals surface area contributed by atoms with E-state index in [9.17, 15) is 4.79 Å². The summed E-state index contributed by atoms with van der Waals surface area (Å²) in [5.41, 5.74) is 4.37. The molecule has 0 spiro atoms. The molecule has 0 aliphatic heterocycles. The zero-order valence-corrected chi connectivity index (χ0v) is 27.5. The van der Waals surface area contributed by atoms with Gasteiger partial charge in [-0.05, 0) is 124 Å². The number of hydrogen-bond donors (Lipinski definition) is 0. The van der Waals surface area contributed by atoms with Crippen LogP contribution in [0.5, 0.6) is 5.75 Å². The molecule has 4 rings (SSSR count). The number of carbonyl (C=O) groups excluding carboxylic acids is 1. The molecule has 4 nitrogen and oxygen atoms in total. The molecule has 2 saturated carbocycles. The highest BCUT2D eigenvalue weighted by atomic mass is 28.4. The van der Waals surface area contributed by atoms with Crippen molar-refractivity contribution in [1.29, 1.82) is 0 Å². The van der Waals surface area contributed by atoms with Gasteiger partial charge in [0.15, 0.2) is 8.32 Å². The summed E-state index contributed by atoms with van der Waals surface area (Å²) in [5.74, 6) is 5.08. The third kappa shape index (κ3) is 7.65. The number of benzene rings is 2. The molecule has 0 radical (unpaired) electrons. The predicted octanol–water partition coefficient (Wildman–Crippen LogP) is 8.87. The molecule has 2 fully saturated rings. The summed E-state index contributed by atoms with van der Waals surface area (Å²) in [6.07, 6.45) is 14.3. The number of rotatable bonds is 8. The summed E-state index contributed by atoms with van der Waals surface area (Å²) in [4.78, 5) is 16.2. The third-order valence-electron chi connectivity index (χ3n) is 10.1. The van der Waals surface area contributed by atoms with Gasteiger partial charge in [-0.1, -0.05) is 44.9 Å². The van der Waals surface area contributed by atoms with Crippen LogP contribution >= 0.6 is 0 Å². The van der Waals surface area contributed by atoms with Crippen LogP contribution in [0.1, 0.15) is 94.7 Å². The maximum atomic E-state index is 14.1. The fourth-order valence-corrected chi connectivity index (χ4v) is 7.84. The second kappa shape index (κ2) is 13.2. The van der Waals surface area contributed by atoms with E-state index in [2.05, 4.69) is 75.9 Å². The van der Waals surface area contributed by atoms with Crippen molar-refractivity contribution in [2.75, 3.05) is 18.6 Å². The maximum absolute atomic E-state index is 14.1. The molecule has 2 aromatic carbocycles. The normalized spacial score (nSPS) is 23.5. The lowest BCUT2D eigenvalue weighted by Crippen LogP contribution is -2.46. The van der Waals surface area contributed by atoms with E-state index in [1.165, 1.54) is 11.1 Å². The minimum absolute atomic E-state index is 0.0439. The number of ether oxygens (including phenoxy) is 1. The fraction of sp³-hybridized carbons (Fsp3) is 0.583. The number of aryl methyl sites for hydroxylation is 1. The van der Waals surface area contributed by atoms with Crippen LogP contribution in [0.15, 0.2) is 42.5 Å². The monoisotopic (exact) mass is 573 g/mol. The summed E-state index contributed by atoms with van der Waals surface area (Å²) < 4.78 is 12.2. The number of terminal acetylenes is 1. The maximum Gasteiger partial charge on any atom is 0.230 e. The van der Waals surface area contributed by atoms with Crippen molar-refractivity contribution in [2.45, 2.75) is 109 Å². The van der Waals surface area contributed by atoms with E-state index < -0.39 is 8.32 Å². The summed E-state index contributed by atoms with van der Waals surface area (Å²) in [7, 11) is -0.0843. The van der Waals surface area contributed by atoms with E-state index in [1.807, 2.05) is 18.2 Å². The van der Waals surface area contributed by atoms with Gasteiger partial charge in [-0.2, -0.15) is 0 Å². The zero-order chi connectivity index (χ0) is 29.8. The van der Waals surface area contributed by atoms with Crippen LogP contribution in [0.2, 0.25) is 18.1 Å². The number of nitrogens with zero attached hydrogens (tertiary/aromatic N) is 1. The van der Waals surface area contributed by atoms with E-state index in [-0.39, 0.29) is 23.0 Å². The summed E-state index contributed by atoms with van der Waals surface area (Å²) in [6, 6.07) is 14.6. The van der Waals surface area contributed by atoms with Crippen molar-refractivity contribution in [3.05, 3.63) is 59.2 Å². The molecular formula is C36H51NO3Si. The third-order valence-corrected chi connectivity index (χ3v) is 14.6. The Morgan fingerprint density at radius 3 is 2.27 bits per heavy atom. The topological polar surface area (TPSA) is 38.8 Å². The largest absolute Gasteiger partial charge is 0.496 e. The lowest BCUT2D eigenvalue weighted by Gasteiger charge is -2.41. The van der Waals surface area contributed by atoms with E-state index >= 15 is 0 Å². The lowest BCUT2D eigenvalue weighted by molar-refractivity contribution is -0.124. The summed E-state index contributed by atoms with van der Waals surface area (Å²) in [5, 5.41) is 0.198. The highest BCUT2D eigenvalue weighted by Gasteiger charge is 2.41. The molecule has 0 bridgehead atoms. The smallest absolute Gasteiger partial charge is 0.230 e. The predicted molar refractivity (Wildman–Crippen MR) is 173 cm³/mol. The molecule has 0 aromatic heterocycles. The first-order valence-electron chi connectivity index (χ1n) is 15.6. The van der Waals surface area contributed by atoms with Gasteiger partial charge in [0.05, 0.1) is 7.11 Å². The Morgan fingerprint density at radius 1 is 1.00 bits per heavy atom. The van der Waals surface area contributed by atoms with Crippen LogP contribution in [0.25, 0.3) is 0 Å². The Hall–Kier alpha value is -2.55. The molecule has 0 saturated heterocycles. The molecule has 1 amide bonds. The molecular weight excluding hydrogens is 522 g/mol. The zero-order valence-electron chi connectivity index (χ0n) is 26.5. The average molecular weight is 574 g/mol. The van der Waals surface area contributed by atoms with Crippen LogP contribution in [-0.2, 0) is 9.22 Å². The Morgan fingerprint density at radius 2 is 1.68 bits per heavy atom. The standard InChI is InChI=1S/C36H51NO3Si/c1-9-27-11-10-12-32(24-27)37(35(38)30-17-20-33(21-18-30)40-41(7,8)36(3,4)5)25-28-13-15-29(16-14-28)31-19-22-34(39-6)26(2)23-31/h1,10-12,19,22-24,28-30,33H,13-18,20-21,25H2,2-8H3/t28-,29-,30-,33-. The van der Waals surface area contributed by atoms with Gasteiger partial charge in [-0.15, -0.1) is 6.42 Å². The van der Waals surface area contributed by atoms with Crippen LogP contribution in [0, 0.1) is 31.1 Å². The minimum atomic E-state index is -1.81. The minimum Gasteiger partial charge on any atom is -0.496 e. The Balaban J connectivity index is 1.42. The molecule has 0 heterocycles. The van der Waals surface area contributed by atoms with Gasteiger partial charge in [0.1, 0.15) is 5.75 Å². The fourth-order valence-electron chi connectivity index (χ4n) is 6.42. The number of methoxy groups -OCH3 is 1. The van der Waals surface area contributed by atoms with Crippen molar-refractivity contribution in [3.63, 3.8) is 0 Å². The van der Waals surface area contributed by atoms with Crippen molar-refractivity contribution in [2.24, 2.45) is 11.8 Å². The van der Waals surface area contributed by atoms with Crippen LogP contribution in [0.3, 0.4) is 0 Å². The molecule has 0 N–H and O–H groups in total. The van der Waals surface area contributed by atoms with E-state index in [4.69, 9.17) is 15.6 Å². The first kappa shape index (κ1) is 31.4. The Kier molecular flexibility index (Phi) is 10.1. The highest BCUT2D eigenvalue weighted by molar-refractivity contribution is 6.74. The van der Waals surface area contributed by atoms with E-state index in [0.717, 1.165) is 74.9 Å².